The summed E-state index contributed by atoms with van der Waals surface area (Å²) in [6.07, 6.45) is 10.5. The van der Waals surface area contributed by atoms with E-state index in [4.69, 9.17) is 9.72 Å². The first-order chi connectivity index (χ1) is 23.8. The molecule has 11 nitrogen and oxygen atoms in total. The fourth-order valence-corrected chi connectivity index (χ4v) is 7.03. The van der Waals surface area contributed by atoms with E-state index in [1.807, 2.05) is 50.2 Å². The first-order valence-electron chi connectivity index (χ1n) is 17.8. The summed E-state index contributed by atoms with van der Waals surface area (Å²) in [5.74, 6) is 1.69. The molecule has 49 heavy (non-hydrogen) atoms. The van der Waals surface area contributed by atoms with Crippen LogP contribution in [0.1, 0.15) is 66.2 Å². The number of carbonyl (C=O) groups excluding carboxylic acids is 2. The number of para-hydroxylation sites is 1. The van der Waals surface area contributed by atoms with Crippen LogP contribution in [0.3, 0.4) is 0 Å². The third kappa shape index (κ3) is 9.35. The number of likely N-dealkylation sites (tertiary alicyclic amines) is 1. The van der Waals surface area contributed by atoms with Crippen LogP contribution in [0.15, 0.2) is 48.7 Å². The lowest BCUT2D eigenvalue weighted by atomic mass is 10.0. The molecule has 0 bridgehead atoms. The summed E-state index contributed by atoms with van der Waals surface area (Å²) in [5, 5.41) is 3.26. The summed E-state index contributed by atoms with van der Waals surface area (Å²) in [5.41, 5.74) is 3.51. The molecule has 1 aromatic heterocycles. The van der Waals surface area contributed by atoms with Crippen molar-refractivity contribution in [2.45, 2.75) is 57.5 Å². The van der Waals surface area contributed by atoms with Gasteiger partial charge in [-0.1, -0.05) is 25.0 Å². The molecule has 0 radical (unpaired) electrons. The van der Waals surface area contributed by atoms with Crippen molar-refractivity contribution >= 4 is 41.4 Å². The smallest absolute Gasteiger partial charge is 0.229 e. The molecule has 1 saturated carbocycles. The molecule has 0 amide bonds. The van der Waals surface area contributed by atoms with Crippen molar-refractivity contribution in [2.24, 2.45) is 0 Å². The van der Waals surface area contributed by atoms with Gasteiger partial charge in [0.05, 0.1) is 29.9 Å². The Labute approximate surface area is 292 Å². The molecule has 1 aliphatic carbocycles. The molecule has 3 fully saturated rings. The second-order valence-corrected chi connectivity index (χ2v) is 13.6. The minimum absolute atomic E-state index is 0.225. The highest BCUT2D eigenvalue weighted by Gasteiger charge is 2.30. The number of anilines is 5. The van der Waals surface area contributed by atoms with Gasteiger partial charge in [-0.25, -0.2) is 4.98 Å². The minimum Gasteiger partial charge on any atom is -0.492 e. The average Bonchev–Trinajstić information content (AvgIpc) is 3.65. The van der Waals surface area contributed by atoms with Crippen molar-refractivity contribution in [3.05, 3.63) is 59.8 Å². The molecule has 3 aliphatic rings. The Balaban J connectivity index is 0.000000278. The summed E-state index contributed by atoms with van der Waals surface area (Å²) in [6.45, 7) is 10.0. The standard InChI is InChI=1S/C27H31N5O3.C11H23N3/c1-4-35-25-15-19(17-33)13-14-22(25)29-27-28-16-24(31(2)3)26(30-27)32(21-10-6-7-11-21)23-12-8-5-9-20(23)18-34;1-12-5-3-11(4-6-12)14-9-7-13(2)8-10-14/h5,8-9,12-18,21H,4,6-7,10-11H2,1-3H3,(H,28,29,30);11H,3-10H2,1-2H3. The van der Waals surface area contributed by atoms with E-state index < -0.39 is 0 Å². The maximum absolute atomic E-state index is 11.9. The van der Waals surface area contributed by atoms with Crippen LogP contribution >= 0.6 is 0 Å². The topological polar surface area (TPSA) is 97.4 Å². The van der Waals surface area contributed by atoms with Gasteiger partial charge in [0.2, 0.25) is 5.95 Å². The maximum atomic E-state index is 11.9. The van der Waals surface area contributed by atoms with Crippen LogP contribution in [0.4, 0.5) is 28.8 Å². The van der Waals surface area contributed by atoms with E-state index in [0.717, 1.165) is 61.5 Å². The van der Waals surface area contributed by atoms with Gasteiger partial charge >= 0.3 is 0 Å². The second kappa shape index (κ2) is 17.6. The molecule has 0 atom stereocenters. The lowest BCUT2D eigenvalue weighted by molar-refractivity contribution is 0.0742. The summed E-state index contributed by atoms with van der Waals surface area (Å²) in [7, 11) is 8.38. The summed E-state index contributed by atoms with van der Waals surface area (Å²) < 4.78 is 5.74. The van der Waals surface area contributed by atoms with Crippen molar-refractivity contribution in [2.75, 3.05) is 89.2 Å². The van der Waals surface area contributed by atoms with Gasteiger partial charge in [-0.05, 0) is 90.1 Å². The number of piperazine rings is 1. The zero-order valence-electron chi connectivity index (χ0n) is 30.0. The van der Waals surface area contributed by atoms with E-state index in [2.05, 4.69) is 44.0 Å². The van der Waals surface area contributed by atoms with Crippen LogP contribution in [0.25, 0.3) is 0 Å². The van der Waals surface area contributed by atoms with Crippen molar-refractivity contribution in [3.63, 3.8) is 0 Å². The Kier molecular flexibility index (Phi) is 13.0. The van der Waals surface area contributed by atoms with Crippen LogP contribution in [0, 0.1) is 0 Å². The van der Waals surface area contributed by atoms with Crippen LogP contribution in [0.5, 0.6) is 5.75 Å². The highest BCUT2D eigenvalue weighted by molar-refractivity contribution is 5.88. The maximum Gasteiger partial charge on any atom is 0.229 e. The number of piperidine rings is 1. The van der Waals surface area contributed by atoms with E-state index >= 15 is 0 Å². The molecule has 2 aliphatic heterocycles. The lowest BCUT2D eigenvalue weighted by Gasteiger charge is -2.41. The van der Waals surface area contributed by atoms with Gasteiger partial charge in [0.1, 0.15) is 12.0 Å². The molecular formula is C38H54N8O3. The van der Waals surface area contributed by atoms with Crippen LogP contribution in [-0.4, -0.2) is 123 Å². The van der Waals surface area contributed by atoms with Gasteiger partial charge in [-0.15, -0.1) is 0 Å². The number of aromatic nitrogens is 2. The monoisotopic (exact) mass is 670 g/mol. The molecule has 0 unspecified atom stereocenters. The number of hydrogen-bond acceptors (Lipinski definition) is 11. The fourth-order valence-electron chi connectivity index (χ4n) is 7.03. The quantitative estimate of drug-likeness (QED) is 0.254. The Morgan fingerprint density at radius 1 is 0.878 bits per heavy atom. The first-order valence-corrected chi connectivity index (χ1v) is 17.8. The number of nitrogens with one attached hydrogen (secondary N) is 1. The number of aldehydes is 2. The van der Waals surface area contributed by atoms with Gasteiger partial charge in [-0.2, -0.15) is 4.98 Å². The van der Waals surface area contributed by atoms with E-state index in [1.54, 1.807) is 24.4 Å². The molecular weight excluding hydrogens is 616 g/mol. The van der Waals surface area contributed by atoms with Crippen molar-refractivity contribution < 1.29 is 14.3 Å². The van der Waals surface area contributed by atoms with E-state index in [0.29, 0.717) is 35.1 Å². The van der Waals surface area contributed by atoms with Gasteiger partial charge in [0.15, 0.2) is 12.1 Å². The normalized spacial score (nSPS) is 18.0. The largest absolute Gasteiger partial charge is 0.492 e. The Hall–Kier alpha value is -4.06. The Morgan fingerprint density at radius 2 is 1.57 bits per heavy atom. The first kappa shape index (κ1) is 36.2. The van der Waals surface area contributed by atoms with Crippen LogP contribution < -0.4 is 19.9 Å². The van der Waals surface area contributed by atoms with Gasteiger partial charge in [-0.3, -0.25) is 14.5 Å². The third-order valence-electron chi connectivity index (χ3n) is 9.90. The molecule has 3 heterocycles. The molecule has 264 valence electrons. The molecule has 6 rings (SSSR count). The molecule has 11 heteroatoms. The zero-order chi connectivity index (χ0) is 34.8. The van der Waals surface area contributed by atoms with Gasteiger partial charge in [0.25, 0.3) is 0 Å². The predicted molar refractivity (Wildman–Crippen MR) is 198 cm³/mol. The zero-order valence-corrected chi connectivity index (χ0v) is 30.0. The third-order valence-corrected chi connectivity index (χ3v) is 9.90. The van der Waals surface area contributed by atoms with E-state index in [1.165, 1.54) is 52.1 Å². The number of hydrogen-bond donors (Lipinski definition) is 1. The fraction of sp³-hybridized carbons (Fsp3) is 0.526. The Bertz CT molecular complexity index is 1490. The van der Waals surface area contributed by atoms with E-state index in [9.17, 15) is 9.59 Å². The molecule has 1 N–H and O–H groups in total. The molecule has 3 aromatic rings. The average molecular weight is 671 g/mol. The number of rotatable bonds is 11. The highest BCUT2D eigenvalue weighted by atomic mass is 16.5. The van der Waals surface area contributed by atoms with Crippen molar-refractivity contribution in [1.82, 2.24) is 24.7 Å². The number of benzene rings is 2. The number of carbonyl (C=O) groups is 2. The Morgan fingerprint density at radius 3 is 2.22 bits per heavy atom. The number of nitrogens with zero attached hydrogens (tertiary/aromatic N) is 7. The molecule has 2 saturated heterocycles. The predicted octanol–water partition coefficient (Wildman–Crippen LogP) is 5.72. The van der Waals surface area contributed by atoms with Crippen molar-refractivity contribution in [1.29, 1.82) is 0 Å². The number of likely N-dealkylation sites (N-methyl/N-ethyl adjacent to an activating group) is 1. The number of ether oxygens (including phenoxy) is 1. The van der Waals surface area contributed by atoms with E-state index in [-0.39, 0.29) is 6.04 Å². The SMILES string of the molecule is CCOc1cc(C=O)ccc1Nc1ncc(N(C)C)c(N(c2ccccc2C=O)C2CCCC2)n1.CN1CCC(N2CCN(C)CC2)CC1. The van der Waals surface area contributed by atoms with Crippen LogP contribution in [-0.2, 0) is 0 Å². The summed E-state index contributed by atoms with van der Waals surface area (Å²) in [4.78, 5) is 44.4. The van der Waals surface area contributed by atoms with Crippen LogP contribution in [0.2, 0.25) is 0 Å². The summed E-state index contributed by atoms with van der Waals surface area (Å²) >= 11 is 0. The molecule has 2 aromatic carbocycles. The van der Waals surface area contributed by atoms with Crippen molar-refractivity contribution in [3.8, 4) is 5.75 Å². The second-order valence-electron chi connectivity index (χ2n) is 13.6. The van der Waals surface area contributed by atoms with Gasteiger partial charge < -0.3 is 29.7 Å². The summed E-state index contributed by atoms with van der Waals surface area (Å²) in [6, 6.07) is 13.9. The minimum atomic E-state index is 0.225. The van der Waals surface area contributed by atoms with Gasteiger partial charge in [0, 0.05) is 63.5 Å². The highest BCUT2D eigenvalue weighted by Crippen LogP contribution is 2.40. The lowest BCUT2D eigenvalue weighted by Crippen LogP contribution is -2.51. The molecule has 0 spiro atoms.